The molecule has 2 aliphatic carbocycles. The maximum absolute atomic E-state index is 11.4. The van der Waals surface area contributed by atoms with Crippen molar-refractivity contribution in [2.75, 3.05) is 7.11 Å². The Morgan fingerprint density at radius 1 is 1.48 bits per heavy atom. The highest BCUT2D eigenvalue weighted by atomic mass is 16.5. The third-order valence-corrected chi connectivity index (χ3v) is 6.84. The zero-order valence-electron chi connectivity index (χ0n) is 15.4. The first-order chi connectivity index (χ1) is 10.7. The van der Waals surface area contributed by atoms with Crippen LogP contribution in [0.1, 0.15) is 59.8 Å². The molecule has 0 amide bonds. The number of fused-ring (bicyclic) bond motifs is 1. The van der Waals surface area contributed by atoms with E-state index in [2.05, 4.69) is 39.5 Å². The SMILES string of the molecule is C=C1C=CCC2C1(C)CCC(C)C2(C)CCC(C)=CC(=O)OC. The van der Waals surface area contributed by atoms with Gasteiger partial charge in [-0.2, -0.15) is 0 Å². The van der Waals surface area contributed by atoms with Crippen molar-refractivity contribution < 1.29 is 9.53 Å². The normalized spacial score (nSPS) is 37.4. The van der Waals surface area contributed by atoms with E-state index in [0.717, 1.165) is 24.8 Å². The van der Waals surface area contributed by atoms with Crippen molar-refractivity contribution in [2.24, 2.45) is 22.7 Å². The molecule has 0 aliphatic heterocycles. The zero-order chi connectivity index (χ0) is 17.3. The van der Waals surface area contributed by atoms with Crippen LogP contribution in [0, 0.1) is 22.7 Å². The molecule has 128 valence electrons. The van der Waals surface area contributed by atoms with Crippen LogP contribution in [-0.2, 0) is 9.53 Å². The van der Waals surface area contributed by atoms with Gasteiger partial charge in [-0.15, -0.1) is 0 Å². The van der Waals surface area contributed by atoms with Crippen LogP contribution in [0.15, 0.2) is 36.0 Å². The minimum Gasteiger partial charge on any atom is -0.466 e. The van der Waals surface area contributed by atoms with Crippen molar-refractivity contribution in [1.82, 2.24) is 0 Å². The molecule has 2 rings (SSSR count). The molecule has 1 saturated carbocycles. The molecule has 0 aromatic carbocycles. The Hall–Kier alpha value is -1.31. The highest BCUT2D eigenvalue weighted by Gasteiger charge is 2.52. The molecule has 0 spiro atoms. The molecule has 0 heterocycles. The van der Waals surface area contributed by atoms with Crippen LogP contribution in [0.3, 0.4) is 0 Å². The number of rotatable bonds is 4. The Bertz CT molecular complexity index is 542. The molecule has 0 saturated heterocycles. The van der Waals surface area contributed by atoms with Crippen molar-refractivity contribution in [2.45, 2.75) is 59.8 Å². The number of carbonyl (C=O) groups excluding carboxylic acids is 1. The fourth-order valence-electron chi connectivity index (χ4n) is 4.76. The standard InChI is InChI=1S/C21H32O2/c1-15(14-19(22)23-6)10-12-20(4)17(3)11-13-21(5)16(2)8-7-9-18(20)21/h7-8,14,17-18H,2,9-13H2,1,3-6H3. The molecule has 0 N–H and O–H groups in total. The lowest BCUT2D eigenvalue weighted by Gasteiger charge is -2.57. The fourth-order valence-corrected chi connectivity index (χ4v) is 4.76. The van der Waals surface area contributed by atoms with Crippen LogP contribution in [0.2, 0.25) is 0 Å². The van der Waals surface area contributed by atoms with Crippen LogP contribution >= 0.6 is 0 Å². The molecule has 4 unspecified atom stereocenters. The van der Waals surface area contributed by atoms with E-state index < -0.39 is 0 Å². The average Bonchev–Trinajstić information content (AvgIpc) is 2.52. The van der Waals surface area contributed by atoms with Gasteiger partial charge in [0.1, 0.15) is 0 Å². The number of ether oxygens (including phenoxy) is 1. The number of allylic oxidation sites excluding steroid dienone is 4. The maximum Gasteiger partial charge on any atom is 0.330 e. The highest BCUT2D eigenvalue weighted by molar-refractivity contribution is 5.82. The molecule has 2 heteroatoms. The second kappa shape index (κ2) is 6.67. The molecule has 4 atom stereocenters. The summed E-state index contributed by atoms with van der Waals surface area (Å²) in [4.78, 5) is 11.4. The summed E-state index contributed by atoms with van der Waals surface area (Å²) < 4.78 is 4.74. The van der Waals surface area contributed by atoms with Crippen LogP contribution in [0.25, 0.3) is 0 Å². The van der Waals surface area contributed by atoms with Crippen molar-refractivity contribution in [1.29, 1.82) is 0 Å². The van der Waals surface area contributed by atoms with Crippen molar-refractivity contribution in [3.05, 3.63) is 36.0 Å². The first-order valence-electron chi connectivity index (χ1n) is 8.85. The van der Waals surface area contributed by atoms with E-state index >= 15 is 0 Å². The smallest absolute Gasteiger partial charge is 0.330 e. The molecular weight excluding hydrogens is 284 g/mol. The lowest BCUT2D eigenvalue weighted by Crippen LogP contribution is -2.49. The third-order valence-electron chi connectivity index (χ3n) is 6.84. The van der Waals surface area contributed by atoms with Gasteiger partial charge in [-0.05, 0) is 67.3 Å². The molecule has 0 radical (unpaired) electrons. The van der Waals surface area contributed by atoms with E-state index in [9.17, 15) is 4.79 Å². The van der Waals surface area contributed by atoms with Gasteiger partial charge in [-0.1, -0.05) is 45.1 Å². The van der Waals surface area contributed by atoms with E-state index in [1.54, 1.807) is 6.08 Å². The van der Waals surface area contributed by atoms with Crippen molar-refractivity contribution >= 4 is 5.97 Å². The summed E-state index contributed by atoms with van der Waals surface area (Å²) in [6.45, 7) is 13.6. The molecule has 2 aliphatic rings. The number of esters is 1. The Morgan fingerprint density at radius 3 is 2.83 bits per heavy atom. The topological polar surface area (TPSA) is 26.3 Å². The second-order valence-electron chi connectivity index (χ2n) is 8.09. The van der Waals surface area contributed by atoms with Crippen LogP contribution in [0.4, 0.5) is 0 Å². The number of hydrogen-bond donors (Lipinski definition) is 0. The van der Waals surface area contributed by atoms with Gasteiger partial charge in [0.15, 0.2) is 0 Å². The van der Waals surface area contributed by atoms with Gasteiger partial charge in [-0.25, -0.2) is 4.79 Å². The van der Waals surface area contributed by atoms with Crippen molar-refractivity contribution in [3.63, 3.8) is 0 Å². The summed E-state index contributed by atoms with van der Waals surface area (Å²) in [6.07, 6.45) is 11.9. The molecule has 0 bridgehead atoms. The van der Waals surface area contributed by atoms with Gasteiger partial charge in [0.25, 0.3) is 0 Å². The quantitative estimate of drug-likeness (QED) is 0.508. The van der Waals surface area contributed by atoms with Crippen molar-refractivity contribution in [3.8, 4) is 0 Å². The molecule has 2 nitrogen and oxygen atoms in total. The van der Waals surface area contributed by atoms with E-state index in [1.165, 1.54) is 25.5 Å². The first-order valence-corrected chi connectivity index (χ1v) is 8.85. The molecule has 1 fully saturated rings. The molecule has 23 heavy (non-hydrogen) atoms. The minimum absolute atomic E-state index is 0.232. The summed E-state index contributed by atoms with van der Waals surface area (Å²) in [5.74, 6) is 1.09. The predicted octanol–water partition coefficient (Wildman–Crippen LogP) is 5.46. The summed E-state index contributed by atoms with van der Waals surface area (Å²) in [7, 11) is 1.43. The lowest BCUT2D eigenvalue weighted by atomic mass is 9.47. The first kappa shape index (κ1) is 18.0. The summed E-state index contributed by atoms with van der Waals surface area (Å²) in [5.41, 5.74) is 2.93. The predicted molar refractivity (Wildman–Crippen MR) is 96.0 cm³/mol. The average molecular weight is 316 g/mol. The lowest BCUT2D eigenvalue weighted by molar-refractivity contribution is -0.134. The van der Waals surface area contributed by atoms with Gasteiger partial charge in [0.2, 0.25) is 0 Å². The van der Waals surface area contributed by atoms with Gasteiger partial charge in [-0.3, -0.25) is 0 Å². The number of methoxy groups -OCH3 is 1. The summed E-state index contributed by atoms with van der Waals surface area (Å²) >= 11 is 0. The van der Waals surface area contributed by atoms with E-state index in [4.69, 9.17) is 4.74 Å². The number of carbonyl (C=O) groups is 1. The van der Waals surface area contributed by atoms with Gasteiger partial charge in [0.05, 0.1) is 7.11 Å². The molecular formula is C21H32O2. The number of hydrogen-bond acceptors (Lipinski definition) is 2. The van der Waals surface area contributed by atoms with Gasteiger partial charge < -0.3 is 4.74 Å². The van der Waals surface area contributed by atoms with Gasteiger partial charge in [0, 0.05) is 6.08 Å². The Labute approximate surface area is 141 Å². The molecule has 0 aromatic rings. The van der Waals surface area contributed by atoms with Crippen LogP contribution in [-0.4, -0.2) is 13.1 Å². The van der Waals surface area contributed by atoms with Gasteiger partial charge >= 0.3 is 5.97 Å². The molecule has 0 aromatic heterocycles. The van der Waals surface area contributed by atoms with E-state index in [0.29, 0.717) is 11.8 Å². The zero-order valence-corrected chi connectivity index (χ0v) is 15.4. The summed E-state index contributed by atoms with van der Waals surface area (Å²) in [6, 6.07) is 0. The monoisotopic (exact) mass is 316 g/mol. The van der Waals surface area contributed by atoms with E-state index in [1.807, 2.05) is 6.92 Å². The van der Waals surface area contributed by atoms with Crippen LogP contribution in [0.5, 0.6) is 0 Å². The Morgan fingerprint density at radius 2 is 2.17 bits per heavy atom. The largest absolute Gasteiger partial charge is 0.466 e. The minimum atomic E-state index is -0.247. The third kappa shape index (κ3) is 3.32. The summed E-state index contributed by atoms with van der Waals surface area (Å²) in [5, 5.41) is 0. The highest BCUT2D eigenvalue weighted by Crippen LogP contribution is 2.61. The maximum atomic E-state index is 11.4. The fraction of sp³-hybridized carbons (Fsp3) is 0.667. The Balaban J connectivity index is 2.20. The van der Waals surface area contributed by atoms with Crippen LogP contribution < -0.4 is 0 Å². The van der Waals surface area contributed by atoms with E-state index in [-0.39, 0.29) is 16.8 Å². The second-order valence-corrected chi connectivity index (χ2v) is 8.09. The Kier molecular flexibility index (Phi) is 5.23.